The van der Waals surface area contributed by atoms with Gasteiger partial charge in [0.25, 0.3) is 0 Å². The highest BCUT2D eigenvalue weighted by Gasteiger charge is 2.22. The van der Waals surface area contributed by atoms with Gasteiger partial charge in [0, 0.05) is 18.9 Å². The van der Waals surface area contributed by atoms with Gasteiger partial charge in [-0.2, -0.15) is 0 Å². The first kappa shape index (κ1) is 9.26. The zero-order valence-electron chi connectivity index (χ0n) is 8.26. The van der Waals surface area contributed by atoms with Crippen LogP contribution in [0.3, 0.4) is 0 Å². The van der Waals surface area contributed by atoms with Crippen molar-refractivity contribution in [3.05, 3.63) is 18.2 Å². The largest absolute Gasteiger partial charge is 0.334 e. The van der Waals surface area contributed by atoms with Gasteiger partial charge in [-0.15, -0.1) is 0 Å². The Hall–Kier alpha value is -0.830. The molecule has 0 unspecified atom stereocenters. The van der Waals surface area contributed by atoms with Crippen LogP contribution in [0.15, 0.2) is 12.4 Å². The summed E-state index contributed by atoms with van der Waals surface area (Å²) in [5.74, 6) is 1.09. The number of aromatic nitrogens is 2. The predicted octanol–water partition coefficient (Wildman–Crippen LogP) is 1.36. The molecule has 68 valence electrons. The lowest BCUT2D eigenvalue weighted by molar-refractivity contribution is 0.398. The summed E-state index contributed by atoms with van der Waals surface area (Å²) in [5, 5.41) is 3.24. The van der Waals surface area contributed by atoms with Crippen molar-refractivity contribution >= 4 is 0 Å². The van der Waals surface area contributed by atoms with Crippen LogP contribution in [0.5, 0.6) is 0 Å². The van der Waals surface area contributed by atoms with Gasteiger partial charge in [0.2, 0.25) is 0 Å². The number of hydrogen-bond acceptors (Lipinski definition) is 2. The molecule has 1 aromatic rings. The van der Waals surface area contributed by atoms with E-state index in [1.807, 2.05) is 19.4 Å². The molecule has 12 heavy (non-hydrogen) atoms. The zero-order valence-corrected chi connectivity index (χ0v) is 8.26. The minimum Gasteiger partial charge on any atom is -0.334 e. The lowest BCUT2D eigenvalue weighted by atomic mass is 10.1. The van der Waals surface area contributed by atoms with Gasteiger partial charge in [-0.3, -0.25) is 0 Å². The summed E-state index contributed by atoms with van der Waals surface area (Å²) in [6, 6.07) is 0. The number of rotatable bonds is 3. The maximum atomic E-state index is 4.33. The Labute approximate surface area is 73.8 Å². The summed E-state index contributed by atoms with van der Waals surface area (Å²) >= 11 is 0. The normalized spacial score (nSPS) is 12.0. The molecule has 1 N–H and O–H groups in total. The first-order chi connectivity index (χ1) is 5.61. The molecule has 0 radical (unpaired) electrons. The van der Waals surface area contributed by atoms with Crippen LogP contribution in [0, 0.1) is 0 Å². The van der Waals surface area contributed by atoms with Crippen LogP contribution in [-0.2, 0) is 12.1 Å². The minimum atomic E-state index is -0.0422. The van der Waals surface area contributed by atoms with Gasteiger partial charge in [0.05, 0.1) is 5.54 Å². The highest BCUT2D eigenvalue weighted by molar-refractivity contribution is 5.04. The Morgan fingerprint density at radius 3 is 2.75 bits per heavy atom. The first-order valence-electron chi connectivity index (χ1n) is 4.32. The van der Waals surface area contributed by atoms with Crippen LogP contribution in [0.1, 0.15) is 26.6 Å². The summed E-state index contributed by atoms with van der Waals surface area (Å²) in [6.07, 6.45) is 3.85. The standard InChI is InChI=1S/C9H17N3/c1-5-12-7-6-11-8(12)9(2,3)10-4/h6-7,10H,5H2,1-4H3. The van der Waals surface area contributed by atoms with E-state index in [-0.39, 0.29) is 5.54 Å². The second-order valence-corrected chi connectivity index (χ2v) is 3.41. The average Bonchev–Trinajstić information content (AvgIpc) is 2.52. The van der Waals surface area contributed by atoms with E-state index in [1.54, 1.807) is 0 Å². The molecule has 0 aliphatic heterocycles. The molecule has 0 fully saturated rings. The maximum Gasteiger partial charge on any atom is 0.128 e. The van der Waals surface area contributed by atoms with Gasteiger partial charge in [-0.25, -0.2) is 4.98 Å². The second-order valence-electron chi connectivity index (χ2n) is 3.41. The average molecular weight is 167 g/mol. The Morgan fingerprint density at radius 2 is 2.25 bits per heavy atom. The number of nitrogens with one attached hydrogen (secondary N) is 1. The van der Waals surface area contributed by atoms with E-state index in [9.17, 15) is 0 Å². The third kappa shape index (κ3) is 1.50. The fourth-order valence-electron chi connectivity index (χ4n) is 1.22. The zero-order chi connectivity index (χ0) is 9.19. The molecule has 0 saturated carbocycles. The summed E-state index contributed by atoms with van der Waals surface area (Å²) in [4.78, 5) is 4.33. The van der Waals surface area contributed by atoms with Crippen molar-refractivity contribution in [3.8, 4) is 0 Å². The number of imidazole rings is 1. The molecule has 0 spiro atoms. The summed E-state index contributed by atoms with van der Waals surface area (Å²) in [7, 11) is 1.95. The van der Waals surface area contributed by atoms with E-state index in [2.05, 4.69) is 35.6 Å². The maximum absolute atomic E-state index is 4.33. The van der Waals surface area contributed by atoms with Crippen molar-refractivity contribution < 1.29 is 0 Å². The van der Waals surface area contributed by atoms with Gasteiger partial charge in [-0.1, -0.05) is 0 Å². The van der Waals surface area contributed by atoms with E-state index in [0.29, 0.717) is 0 Å². The molecule has 0 atom stereocenters. The van der Waals surface area contributed by atoms with Gasteiger partial charge in [0.15, 0.2) is 0 Å². The van der Waals surface area contributed by atoms with E-state index in [4.69, 9.17) is 0 Å². The van der Waals surface area contributed by atoms with Crippen molar-refractivity contribution in [2.24, 2.45) is 0 Å². The predicted molar refractivity (Wildman–Crippen MR) is 50.0 cm³/mol. The van der Waals surface area contributed by atoms with Crippen LogP contribution < -0.4 is 5.32 Å². The molecule has 3 nitrogen and oxygen atoms in total. The fourth-order valence-corrected chi connectivity index (χ4v) is 1.22. The number of nitrogens with zero attached hydrogens (tertiary/aromatic N) is 2. The summed E-state index contributed by atoms with van der Waals surface area (Å²) in [5.41, 5.74) is -0.0422. The van der Waals surface area contributed by atoms with Crippen LogP contribution >= 0.6 is 0 Å². The lowest BCUT2D eigenvalue weighted by Gasteiger charge is -2.23. The molecular weight excluding hydrogens is 150 g/mol. The van der Waals surface area contributed by atoms with E-state index in [1.165, 1.54) is 0 Å². The minimum absolute atomic E-state index is 0.0422. The lowest BCUT2D eigenvalue weighted by Crippen LogP contribution is -2.36. The van der Waals surface area contributed by atoms with E-state index < -0.39 is 0 Å². The quantitative estimate of drug-likeness (QED) is 0.736. The molecule has 0 aromatic carbocycles. The molecule has 1 heterocycles. The van der Waals surface area contributed by atoms with Crippen molar-refractivity contribution in [1.29, 1.82) is 0 Å². The summed E-state index contributed by atoms with van der Waals surface area (Å²) < 4.78 is 2.15. The Morgan fingerprint density at radius 1 is 1.58 bits per heavy atom. The van der Waals surface area contributed by atoms with Gasteiger partial charge in [0.1, 0.15) is 5.82 Å². The monoisotopic (exact) mass is 167 g/mol. The molecule has 1 rings (SSSR count). The molecule has 0 amide bonds. The molecule has 0 bridgehead atoms. The Balaban J connectivity index is 3.00. The Kier molecular flexibility index (Phi) is 2.52. The summed E-state index contributed by atoms with van der Waals surface area (Å²) in [6.45, 7) is 7.35. The molecule has 0 aliphatic carbocycles. The SMILES string of the molecule is CCn1ccnc1C(C)(C)NC. The molecular formula is C9H17N3. The van der Waals surface area contributed by atoms with E-state index in [0.717, 1.165) is 12.4 Å². The van der Waals surface area contributed by atoms with Crippen molar-refractivity contribution in [1.82, 2.24) is 14.9 Å². The first-order valence-corrected chi connectivity index (χ1v) is 4.32. The van der Waals surface area contributed by atoms with Crippen LogP contribution in [0.2, 0.25) is 0 Å². The third-order valence-electron chi connectivity index (χ3n) is 2.24. The molecule has 0 aliphatic rings. The van der Waals surface area contributed by atoms with Gasteiger partial charge >= 0.3 is 0 Å². The van der Waals surface area contributed by atoms with Crippen molar-refractivity contribution in [3.63, 3.8) is 0 Å². The van der Waals surface area contributed by atoms with Crippen LogP contribution in [0.25, 0.3) is 0 Å². The van der Waals surface area contributed by atoms with E-state index >= 15 is 0 Å². The third-order valence-corrected chi connectivity index (χ3v) is 2.24. The fraction of sp³-hybridized carbons (Fsp3) is 0.667. The second kappa shape index (κ2) is 3.27. The molecule has 3 heteroatoms. The number of hydrogen-bond donors (Lipinski definition) is 1. The van der Waals surface area contributed by atoms with Gasteiger partial charge in [-0.05, 0) is 27.8 Å². The highest BCUT2D eigenvalue weighted by Crippen LogP contribution is 2.16. The van der Waals surface area contributed by atoms with Crippen LogP contribution in [-0.4, -0.2) is 16.6 Å². The Bertz CT molecular complexity index is 250. The molecule has 1 aromatic heterocycles. The number of aryl methyl sites for hydroxylation is 1. The van der Waals surface area contributed by atoms with Crippen molar-refractivity contribution in [2.75, 3.05) is 7.05 Å². The smallest absolute Gasteiger partial charge is 0.128 e. The van der Waals surface area contributed by atoms with Crippen molar-refractivity contribution in [2.45, 2.75) is 32.9 Å². The topological polar surface area (TPSA) is 29.9 Å². The van der Waals surface area contributed by atoms with Crippen LogP contribution in [0.4, 0.5) is 0 Å². The molecule has 0 saturated heterocycles. The van der Waals surface area contributed by atoms with Gasteiger partial charge < -0.3 is 9.88 Å². The highest BCUT2D eigenvalue weighted by atomic mass is 15.1.